The molecule has 0 radical (unpaired) electrons. The highest BCUT2D eigenvalue weighted by molar-refractivity contribution is 7.89. The van der Waals surface area contributed by atoms with Crippen molar-refractivity contribution >= 4 is 21.6 Å². The molecule has 154 valence electrons. The fourth-order valence-corrected chi connectivity index (χ4v) is 3.66. The molecule has 28 heavy (non-hydrogen) atoms. The Morgan fingerprint density at radius 1 is 1.00 bits per heavy atom. The Labute approximate surface area is 165 Å². The number of rotatable bonds is 7. The van der Waals surface area contributed by atoms with E-state index in [4.69, 9.17) is 25.8 Å². The number of nitrogens with one attached hydrogen (secondary N) is 1. The molecular formula is C17H17ClF3NO5S. The van der Waals surface area contributed by atoms with Crippen molar-refractivity contribution in [3.63, 3.8) is 0 Å². The van der Waals surface area contributed by atoms with Gasteiger partial charge < -0.3 is 14.2 Å². The topological polar surface area (TPSA) is 73.9 Å². The molecule has 2 aromatic carbocycles. The number of hydrogen-bond acceptors (Lipinski definition) is 5. The SMILES string of the molecule is COc1cc(CNS(=O)(=O)c2ccc(Cl)c(C(F)(F)F)c2)cc(OC)c1OC. The summed E-state index contributed by atoms with van der Waals surface area (Å²) in [5.74, 6) is 0.938. The van der Waals surface area contributed by atoms with E-state index in [-0.39, 0.29) is 6.54 Å². The molecule has 0 aliphatic carbocycles. The van der Waals surface area contributed by atoms with E-state index in [1.807, 2.05) is 0 Å². The maximum Gasteiger partial charge on any atom is 0.417 e. The lowest BCUT2D eigenvalue weighted by Crippen LogP contribution is -2.24. The van der Waals surface area contributed by atoms with Gasteiger partial charge in [0, 0.05) is 6.54 Å². The van der Waals surface area contributed by atoms with Gasteiger partial charge in [-0.1, -0.05) is 11.6 Å². The summed E-state index contributed by atoms with van der Waals surface area (Å²) in [5, 5.41) is -0.587. The highest BCUT2D eigenvalue weighted by Crippen LogP contribution is 2.38. The van der Waals surface area contributed by atoms with E-state index in [2.05, 4.69) is 4.72 Å². The summed E-state index contributed by atoms with van der Waals surface area (Å²) in [4.78, 5) is -0.559. The minimum absolute atomic E-state index is 0.219. The summed E-state index contributed by atoms with van der Waals surface area (Å²) in [6.07, 6.45) is -4.78. The molecule has 0 saturated heterocycles. The van der Waals surface area contributed by atoms with Gasteiger partial charge in [0.2, 0.25) is 15.8 Å². The van der Waals surface area contributed by atoms with Crippen LogP contribution in [0.25, 0.3) is 0 Å². The summed E-state index contributed by atoms with van der Waals surface area (Å²) >= 11 is 5.52. The van der Waals surface area contributed by atoms with Crippen LogP contribution in [0.15, 0.2) is 35.2 Å². The first-order valence-corrected chi connectivity index (χ1v) is 9.55. The molecule has 0 atom stereocenters. The van der Waals surface area contributed by atoms with Crippen molar-refractivity contribution in [2.24, 2.45) is 0 Å². The van der Waals surface area contributed by atoms with Gasteiger partial charge in [-0.05, 0) is 35.9 Å². The zero-order valence-corrected chi connectivity index (χ0v) is 16.6. The van der Waals surface area contributed by atoms with Crippen LogP contribution in [0.2, 0.25) is 5.02 Å². The van der Waals surface area contributed by atoms with Gasteiger partial charge in [0.15, 0.2) is 11.5 Å². The lowest BCUT2D eigenvalue weighted by atomic mass is 10.2. The summed E-state index contributed by atoms with van der Waals surface area (Å²) in [5.41, 5.74) is -0.784. The van der Waals surface area contributed by atoms with Gasteiger partial charge in [0.25, 0.3) is 0 Å². The summed E-state index contributed by atoms with van der Waals surface area (Å²) in [7, 11) is -0.0154. The van der Waals surface area contributed by atoms with Gasteiger partial charge in [-0.3, -0.25) is 0 Å². The van der Waals surface area contributed by atoms with Crippen LogP contribution in [0.1, 0.15) is 11.1 Å². The number of benzene rings is 2. The highest BCUT2D eigenvalue weighted by atomic mass is 35.5. The van der Waals surface area contributed by atoms with Crippen molar-refractivity contribution in [1.29, 1.82) is 0 Å². The standard InChI is InChI=1S/C17H17ClF3NO5S/c1-25-14-6-10(7-15(26-2)16(14)27-3)9-22-28(23,24)11-4-5-13(18)12(8-11)17(19,20)21/h4-8,22H,9H2,1-3H3. The second kappa shape index (κ2) is 8.46. The van der Waals surface area contributed by atoms with E-state index < -0.39 is 31.7 Å². The molecule has 1 N–H and O–H groups in total. The maximum absolute atomic E-state index is 13.0. The molecule has 2 rings (SSSR count). The lowest BCUT2D eigenvalue weighted by molar-refractivity contribution is -0.137. The van der Waals surface area contributed by atoms with Crippen molar-refractivity contribution in [2.75, 3.05) is 21.3 Å². The van der Waals surface area contributed by atoms with Crippen LogP contribution in [0.4, 0.5) is 13.2 Å². The molecule has 0 fully saturated rings. The number of methoxy groups -OCH3 is 3. The minimum atomic E-state index is -4.78. The zero-order valence-electron chi connectivity index (χ0n) is 15.1. The Kier molecular flexibility index (Phi) is 6.68. The summed E-state index contributed by atoms with van der Waals surface area (Å²) in [6, 6.07) is 5.41. The third kappa shape index (κ3) is 4.81. The molecule has 0 bridgehead atoms. The zero-order chi connectivity index (χ0) is 21.1. The van der Waals surface area contributed by atoms with E-state index in [9.17, 15) is 21.6 Å². The lowest BCUT2D eigenvalue weighted by Gasteiger charge is -2.15. The van der Waals surface area contributed by atoms with E-state index in [0.717, 1.165) is 12.1 Å². The predicted molar refractivity (Wildman–Crippen MR) is 96.6 cm³/mol. The third-order valence-electron chi connectivity index (χ3n) is 3.74. The van der Waals surface area contributed by atoms with Crippen molar-refractivity contribution in [3.05, 3.63) is 46.5 Å². The highest BCUT2D eigenvalue weighted by Gasteiger charge is 2.34. The second-order valence-corrected chi connectivity index (χ2v) is 7.67. The minimum Gasteiger partial charge on any atom is -0.493 e. The first kappa shape index (κ1) is 22.1. The molecule has 0 aliphatic heterocycles. The number of alkyl halides is 3. The average molecular weight is 440 g/mol. The molecule has 0 saturated carbocycles. The van der Waals surface area contributed by atoms with Gasteiger partial charge in [-0.2, -0.15) is 13.2 Å². The van der Waals surface area contributed by atoms with Crippen molar-refractivity contribution < 1.29 is 35.8 Å². The molecule has 0 aromatic heterocycles. The first-order valence-electron chi connectivity index (χ1n) is 7.68. The quantitative estimate of drug-likeness (QED) is 0.709. The summed E-state index contributed by atoms with van der Waals surface area (Å²) in [6.45, 7) is -0.219. The number of sulfonamides is 1. The first-order chi connectivity index (χ1) is 13.0. The van der Waals surface area contributed by atoms with Gasteiger partial charge >= 0.3 is 6.18 Å². The molecule has 0 unspecified atom stereocenters. The van der Waals surface area contributed by atoms with E-state index in [0.29, 0.717) is 28.9 Å². The Hall–Kier alpha value is -2.17. The van der Waals surface area contributed by atoms with Gasteiger partial charge in [-0.25, -0.2) is 13.1 Å². The normalized spacial score (nSPS) is 12.0. The Morgan fingerprint density at radius 2 is 1.57 bits per heavy atom. The Morgan fingerprint density at radius 3 is 2.04 bits per heavy atom. The van der Waals surface area contributed by atoms with Crippen molar-refractivity contribution in [1.82, 2.24) is 4.72 Å². The monoisotopic (exact) mass is 439 g/mol. The molecule has 6 nitrogen and oxygen atoms in total. The van der Waals surface area contributed by atoms with E-state index >= 15 is 0 Å². The molecule has 11 heteroatoms. The van der Waals surface area contributed by atoms with Crippen molar-refractivity contribution in [2.45, 2.75) is 17.6 Å². The maximum atomic E-state index is 13.0. The molecular weight excluding hydrogens is 423 g/mol. The molecule has 0 heterocycles. The smallest absolute Gasteiger partial charge is 0.417 e. The fraction of sp³-hybridized carbons (Fsp3) is 0.294. The average Bonchev–Trinajstić information content (AvgIpc) is 2.64. The summed E-state index contributed by atoms with van der Waals surface area (Å²) < 4.78 is 81.5. The van der Waals surface area contributed by atoms with Crippen LogP contribution in [-0.4, -0.2) is 29.7 Å². The van der Waals surface area contributed by atoms with Gasteiger partial charge in [-0.15, -0.1) is 0 Å². The van der Waals surface area contributed by atoms with Crippen LogP contribution in [0, 0.1) is 0 Å². The van der Waals surface area contributed by atoms with Gasteiger partial charge in [0.05, 0.1) is 36.8 Å². The van der Waals surface area contributed by atoms with Crippen LogP contribution >= 0.6 is 11.6 Å². The van der Waals surface area contributed by atoms with E-state index in [1.165, 1.54) is 33.5 Å². The fourth-order valence-electron chi connectivity index (χ4n) is 2.39. The van der Waals surface area contributed by atoms with Crippen LogP contribution < -0.4 is 18.9 Å². The van der Waals surface area contributed by atoms with Crippen molar-refractivity contribution in [3.8, 4) is 17.2 Å². The predicted octanol–water partition coefficient (Wildman–Crippen LogP) is 3.86. The molecule has 0 amide bonds. The number of halogens is 4. The Balaban J connectivity index is 2.32. The van der Waals surface area contributed by atoms with Crippen LogP contribution in [-0.2, 0) is 22.7 Å². The van der Waals surface area contributed by atoms with Gasteiger partial charge in [0.1, 0.15) is 0 Å². The number of ether oxygens (including phenoxy) is 3. The third-order valence-corrected chi connectivity index (χ3v) is 5.47. The second-order valence-electron chi connectivity index (χ2n) is 5.50. The molecule has 2 aromatic rings. The molecule has 0 spiro atoms. The molecule has 0 aliphatic rings. The van der Waals surface area contributed by atoms with Crippen LogP contribution in [0.5, 0.6) is 17.2 Å². The van der Waals surface area contributed by atoms with Crippen LogP contribution in [0.3, 0.4) is 0 Å². The largest absolute Gasteiger partial charge is 0.493 e. The Bertz CT molecular complexity index is 939. The van der Waals surface area contributed by atoms with E-state index in [1.54, 1.807) is 0 Å². The number of hydrogen-bond donors (Lipinski definition) is 1.